The fourth-order valence-corrected chi connectivity index (χ4v) is 5.02. The van der Waals surface area contributed by atoms with Crippen molar-refractivity contribution in [1.82, 2.24) is 19.5 Å². The smallest absolute Gasteiger partial charge is 0.367 e. The lowest BCUT2D eigenvalue weighted by atomic mass is 9.99. The molecule has 3 aromatic heterocycles. The molecule has 0 aliphatic heterocycles. The van der Waals surface area contributed by atoms with E-state index in [2.05, 4.69) is 15.0 Å². The molecule has 0 aliphatic carbocycles. The molecular formula is C25H20F3N5OS. The lowest BCUT2D eigenvalue weighted by molar-refractivity contribution is -0.322. The van der Waals surface area contributed by atoms with Gasteiger partial charge in [0.25, 0.3) is 0 Å². The second kappa shape index (κ2) is 9.47. The van der Waals surface area contributed by atoms with Crippen LogP contribution in [-0.2, 0) is 11.8 Å². The van der Waals surface area contributed by atoms with E-state index in [4.69, 9.17) is 9.97 Å². The van der Waals surface area contributed by atoms with Crippen molar-refractivity contribution in [3.05, 3.63) is 73.1 Å². The summed E-state index contributed by atoms with van der Waals surface area (Å²) >= 11 is 1.51. The van der Waals surface area contributed by atoms with E-state index < -0.39 is 13.0 Å². The molecular weight excluding hydrogens is 475 g/mol. The van der Waals surface area contributed by atoms with Crippen LogP contribution in [0.3, 0.4) is 0 Å². The number of hydrogen-bond donors (Lipinski definition) is 1. The average Bonchev–Trinajstić information content (AvgIpc) is 3.46. The van der Waals surface area contributed by atoms with Gasteiger partial charge in [-0.3, -0.25) is 4.74 Å². The molecule has 5 rings (SSSR count). The predicted octanol–water partition coefficient (Wildman–Crippen LogP) is 6.37. The van der Waals surface area contributed by atoms with E-state index in [0.717, 1.165) is 27.0 Å². The molecule has 1 N–H and O–H groups in total. The minimum atomic E-state index is -4.70. The fourth-order valence-electron chi connectivity index (χ4n) is 3.82. The second-order valence-corrected chi connectivity index (χ2v) is 8.70. The summed E-state index contributed by atoms with van der Waals surface area (Å²) < 4.78 is 43.3. The SMILES string of the molecule is Cn1ccnc1-c1nc(NCCOC(F)(F)F)c2c(-c3ccccc3)c(-c3ccccc3)sc2n1. The number of aryl methyl sites for hydroxylation is 1. The monoisotopic (exact) mass is 495 g/mol. The number of hydrogen-bond acceptors (Lipinski definition) is 6. The van der Waals surface area contributed by atoms with Crippen molar-refractivity contribution in [2.45, 2.75) is 6.36 Å². The summed E-state index contributed by atoms with van der Waals surface area (Å²) in [6, 6.07) is 19.7. The molecule has 0 radical (unpaired) electrons. The summed E-state index contributed by atoms with van der Waals surface area (Å²) in [6.07, 6.45) is -1.27. The highest BCUT2D eigenvalue weighted by Gasteiger charge is 2.29. The first-order valence-electron chi connectivity index (χ1n) is 10.8. The number of aromatic nitrogens is 4. The molecule has 0 unspecified atom stereocenters. The average molecular weight is 496 g/mol. The maximum absolute atomic E-state index is 12.5. The first-order valence-corrected chi connectivity index (χ1v) is 11.6. The molecule has 5 aromatic rings. The van der Waals surface area contributed by atoms with Gasteiger partial charge in [-0.15, -0.1) is 24.5 Å². The van der Waals surface area contributed by atoms with Crippen molar-refractivity contribution in [3.63, 3.8) is 0 Å². The predicted molar refractivity (Wildman–Crippen MR) is 131 cm³/mol. The van der Waals surface area contributed by atoms with E-state index in [1.54, 1.807) is 17.0 Å². The zero-order valence-electron chi connectivity index (χ0n) is 18.6. The summed E-state index contributed by atoms with van der Waals surface area (Å²) in [5.41, 5.74) is 2.89. The number of anilines is 1. The number of nitrogens with one attached hydrogen (secondary N) is 1. The van der Waals surface area contributed by atoms with Crippen molar-refractivity contribution in [2.75, 3.05) is 18.5 Å². The molecule has 35 heavy (non-hydrogen) atoms. The van der Waals surface area contributed by atoms with E-state index in [1.807, 2.05) is 67.7 Å². The summed E-state index contributed by atoms with van der Waals surface area (Å²) in [7, 11) is 1.83. The van der Waals surface area contributed by atoms with E-state index >= 15 is 0 Å². The lowest BCUT2D eigenvalue weighted by Crippen LogP contribution is -2.19. The van der Waals surface area contributed by atoms with Crippen molar-refractivity contribution in [1.29, 1.82) is 0 Å². The van der Waals surface area contributed by atoms with Gasteiger partial charge >= 0.3 is 6.36 Å². The van der Waals surface area contributed by atoms with Gasteiger partial charge in [-0.25, -0.2) is 15.0 Å². The first-order chi connectivity index (χ1) is 16.9. The number of ether oxygens (including phenoxy) is 1. The number of imidazole rings is 1. The Morgan fingerprint density at radius 3 is 2.29 bits per heavy atom. The fraction of sp³-hybridized carbons (Fsp3) is 0.160. The van der Waals surface area contributed by atoms with Crippen LogP contribution in [0.15, 0.2) is 73.1 Å². The largest absolute Gasteiger partial charge is 0.522 e. The van der Waals surface area contributed by atoms with Crippen LogP contribution in [0.25, 0.3) is 43.4 Å². The van der Waals surface area contributed by atoms with Crippen LogP contribution in [0, 0.1) is 0 Å². The number of halogens is 3. The maximum Gasteiger partial charge on any atom is 0.522 e. The van der Waals surface area contributed by atoms with Gasteiger partial charge in [0.05, 0.1) is 12.0 Å². The molecule has 0 amide bonds. The topological polar surface area (TPSA) is 64.9 Å². The van der Waals surface area contributed by atoms with Gasteiger partial charge in [-0.1, -0.05) is 60.7 Å². The molecule has 0 spiro atoms. The van der Waals surface area contributed by atoms with E-state index in [-0.39, 0.29) is 6.54 Å². The van der Waals surface area contributed by atoms with Gasteiger partial charge in [0.2, 0.25) is 0 Å². The highest BCUT2D eigenvalue weighted by molar-refractivity contribution is 7.22. The van der Waals surface area contributed by atoms with Crippen LogP contribution in [-0.4, -0.2) is 39.0 Å². The highest BCUT2D eigenvalue weighted by Crippen LogP contribution is 2.46. The van der Waals surface area contributed by atoms with Crippen LogP contribution >= 0.6 is 11.3 Å². The normalized spacial score (nSPS) is 11.8. The third-order valence-corrected chi connectivity index (χ3v) is 6.46. The van der Waals surface area contributed by atoms with Gasteiger partial charge in [-0.05, 0) is 11.1 Å². The maximum atomic E-state index is 12.5. The van der Waals surface area contributed by atoms with Crippen LogP contribution in [0.4, 0.5) is 19.0 Å². The zero-order valence-corrected chi connectivity index (χ0v) is 19.4. The van der Waals surface area contributed by atoms with Gasteiger partial charge in [-0.2, -0.15) is 0 Å². The second-order valence-electron chi connectivity index (χ2n) is 7.70. The number of nitrogens with zero attached hydrogens (tertiary/aromatic N) is 4. The Hall–Kier alpha value is -3.76. The van der Waals surface area contributed by atoms with E-state index in [9.17, 15) is 13.2 Å². The number of alkyl halides is 3. The Bertz CT molecular complexity index is 1450. The summed E-state index contributed by atoms with van der Waals surface area (Å²) in [5, 5.41) is 3.79. The number of thiophene rings is 1. The molecule has 0 saturated carbocycles. The highest BCUT2D eigenvalue weighted by atomic mass is 32.1. The molecule has 0 bridgehead atoms. The van der Waals surface area contributed by atoms with E-state index in [0.29, 0.717) is 22.3 Å². The standard InChI is InChI=1S/C25H20F3N5OS/c1-33-14-12-30-23(33)22-31-21(29-13-15-34-25(26,27)28)19-18(16-8-4-2-5-9-16)20(35-24(19)32-22)17-10-6-3-7-11-17/h2-12,14H,13,15H2,1H3,(H,29,31,32). The third-order valence-electron chi connectivity index (χ3n) is 5.33. The molecule has 0 aliphatic rings. The Kier molecular flexibility index (Phi) is 6.23. The molecule has 0 fully saturated rings. The Morgan fingerprint density at radius 1 is 0.971 bits per heavy atom. The molecule has 3 heterocycles. The number of fused-ring (bicyclic) bond motifs is 1. The van der Waals surface area contributed by atoms with Crippen LogP contribution in [0.2, 0.25) is 0 Å². The third kappa shape index (κ3) is 4.89. The zero-order chi connectivity index (χ0) is 24.4. The van der Waals surface area contributed by atoms with Crippen molar-refractivity contribution in [2.24, 2.45) is 7.05 Å². The van der Waals surface area contributed by atoms with Gasteiger partial charge in [0, 0.05) is 36.4 Å². The van der Waals surface area contributed by atoms with Crippen LogP contribution in [0.5, 0.6) is 0 Å². The Labute approximate surface area is 203 Å². The Morgan fingerprint density at radius 2 is 1.66 bits per heavy atom. The van der Waals surface area contributed by atoms with Gasteiger partial charge < -0.3 is 9.88 Å². The first kappa shape index (κ1) is 23.0. The molecule has 0 saturated heterocycles. The number of benzene rings is 2. The summed E-state index contributed by atoms with van der Waals surface area (Å²) in [6.45, 7) is -0.639. The van der Waals surface area contributed by atoms with Gasteiger partial charge in [0.15, 0.2) is 11.6 Å². The van der Waals surface area contributed by atoms with Crippen molar-refractivity contribution in [3.8, 4) is 33.2 Å². The van der Waals surface area contributed by atoms with Crippen LogP contribution in [0.1, 0.15) is 0 Å². The van der Waals surface area contributed by atoms with E-state index in [1.165, 1.54) is 11.3 Å². The molecule has 178 valence electrons. The molecule has 2 aromatic carbocycles. The van der Waals surface area contributed by atoms with Crippen molar-refractivity contribution < 1.29 is 17.9 Å². The summed E-state index contributed by atoms with van der Waals surface area (Å²) in [5.74, 6) is 1.36. The van der Waals surface area contributed by atoms with Crippen LogP contribution < -0.4 is 5.32 Å². The van der Waals surface area contributed by atoms with Gasteiger partial charge in [0.1, 0.15) is 10.6 Å². The molecule has 0 atom stereocenters. The molecule has 6 nitrogen and oxygen atoms in total. The lowest BCUT2D eigenvalue weighted by Gasteiger charge is -2.12. The Balaban J connectivity index is 1.71. The minimum Gasteiger partial charge on any atom is -0.367 e. The van der Waals surface area contributed by atoms with Crippen molar-refractivity contribution >= 4 is 27.4 Å². The quantitative estimate of drug-likeness (QED) is 0.266. The number of rotatable bonds is 7. The minimum absolute atomic E-state index is 0.0869. The molecule has 10 heteroatoms. The summed E-state index contributed by atoms with van der Waals surface area (Å²) in [4.78, 5) is 15.6.